The minimum absolute atomic E-state index is 0.137. The van der Waals surface area contributed by atoms with Gasteiger partial charge in [-0.3, -0.25) is 4.79 Å². The maximum absolute atomic E-state index is 12.6. The number of nitrogens with one attached hydrogen (secondary N) is 1. The first-order valence-electron chi connectivity index (χ1n) is 6.05. The van der Waals surface area contributed by atoms with Crippen molar-refractivity contribution >= 4 is 19.3 Å². The van der Waals surface area contributed by atoms with Crippen LogP contribution in [0.3, 0.4) is 0 Å². The molecule has 0 saturated heterocycles. The van der Waals surface area contributed by atoms with E-state index in [1.54, 1.807) is 6.08 Å². The zero-order valence-electron chi connectivity index (χ0n) is 10.4. The molecule has 0 saturated carbocycles. The Morgan fingerprint density at radius 1 is 1.33 bits per heavy atom. The molecule has 0 aliphatic heterocycles. The molecule has 0 amide bonds. The Kier molecular flexibility index (Phi) is 3.53. The SMILES string of the molecule is [B]NCCC1(CC=C)C(=C)c2ccccc2C1=O. The highest BCUT2D eigenvalue weighted by Gasteiger charge is 2.46. The molecular formula is C15H16BNO. The van der Waals surface area contributed by atoms with Crippen molar-refractivity contribution in [3.63, 3.8) is 0 Å². The van der Waals surface area contributed by atoms with Crippen LogP contribution in [0.4, 0.5) is 0 Å². The molecule has 1 aromatic carbocycles. The number of hydrogen-bond acceptors (Lipinski definition) is 2. The van der Waals surface area contributed by atoms with Crippen molar-refractivity contribution in [2.45, 2.75) is 12.8 Å². The number of allylic oxidation sites excluding steroid dienone is 2. The highest BCUT2D eigenvalue weighted by Crippen LogP contribution is 2.50. The van der Waals surface area contributed by atoms with E-state index >= 15 is 0 Å². The van der Waals surface area contributed by atoms with Crippen molar-refractivity contribution in [2.75, 3.05) is 6.54 Å². The summed E-state index contributed by atoms with van der Waals surface area (Å²) in [5.74, 6) is 0.137. The third-order valence-corrected chi connectivity index (χ3v) is 3.70. The van der Waals surface area contributed by atoms with E-state index in [0.29, 0.717) is 19.4 Å². The zero-order chi connectivity index (χ0) is 13.2. The molecule has 2 rings (SSSR count). The Morgan fingerprint density at radius 2 is 2.00 bits per heavy atom. The van der Waals surface area contributed by atoms with E-state index in [2.05, 4.69) is 18.4 Å². The van der Waals surface area contributed by atoms with E-state index in [4.69, 9.17) is 7.98 Å². The van der Waals surface area contributed by atoms with Crippen LogP contribution in [0.15, 0.2) is 43.5 Å². The first kappa shape index (κ1) is 12.8. The van der Waals surface area contributed by atoms with Gasteiger partial charge in [0.05, 0.1) is 5.41 Å². The topological polar surface area (TPSA) is 29.1 Å². The van der Waals surface area contributed by atoms with Gasteiger partial charge < -0.3 is 5.23 Å². The Labute approximate surface area is 109 Å². The molecule has 1 unspecified atom stereocenters. The van der Waals surface area contributed by atoms with Gasteiger partial charge in [0.2, 0.25) is 0 Å². The highest BCUT2D eigenvalue weighted by atomic mass is 16.1. The molecule has 1 aliphatic carbocycles. The minimum atomic E-state index is -0.572. The monoisotopic (exact) mass is 237 g/mol. The largest absolute Gasteiger partial charge is 0.366 e. The summed E-state index contributed by atoms with van der Waals surface area (Å²) < 4.78 is 0. The smallest absolute Gasteiger partial charge is 0.177 e. The summed E-state index contributed by atoms with van der Waals surface area (Å²) >= 11 is 0. The van der Waals surface area contributed by atoms with Crippen molar-refractivity contribution in [2.24, 2.45) is 5.41 Å². The number of rotatable bonds is 5. The average molecular weight is 237 g/mol. The average Bonchev–Trinajstić information content (AvgIpc) is 2.60. The van der Waals surface area contributed by atoms with E-state index in [-0.39, 0.29) is 5.78 Å². The summed E-state index contributed by atoms with van der Waals surface area (Å²) in [5.41, 5.74) is 2.04. The normalized spacial score (nSPS) is 22.0. The highest BCUT2D eigenvalue weighted by molar-refractivity contribution is 6.16. The van der Waals surface area contributed by atoms with Crippen LogP contribution in [-0.2, 0) is 0 Å². The molecule has 1 atom stereocenters. The first-order chi connectivity index (χ1) is 8.67. The van der Waals surface area contributed by atoms with E-state index in [1.165, 1.54) is 0 Å². The Hall–Kier alpha value is -1.61. The molecule has 2 nitrogen and oxygen atoms in total. The third-order valence-electron chi connectivity index (χ3n) is 3.70. The maximum Gasteiger partial charge on any atom is 0.177 e. The van der Waals surface area contributed by atoms with Gasteiger partial charge in [0.1, 0.15) is 0 Å². The fraction of sp³-hybridized carbons (Fsp3) is 0.267. The summed E-state index contributed by atoms with van der Waals surface area (Å²) in [6, 6.07) is 7.64. The van der Waals surface area contributed by atoms with E-state index in [0.717, 1.165) is 16.7 Å². The zero-order valence-corrected chi connectivity index (χ0v) is 10.4. The first-order valence-corrected chi connectivity index (χ1v) is 6.05. The standard InChI is InChI=1S/C15H16BNO/c1-3-8-15(9-10-17-16)11(2)12-6-4-5-7-13(12)14(15)18/h3-7,17H,1-2,8-10H2. The number of hydrogen-bond donors (Lipinski definition) is 1. The summed E-state index contributed by atoms with van der Waals surface area (Å²) in [4.78, 5) is 12.6. The third kappa shape index (κ3) is 1.75. The molecular weight excluding hydrogens is 221 g/mol. The number of ketones is 1. The minimum Gasteiger partial charge on any atom is -0.366 e. The number of carbonyl (C=O) groups excluding carboxylic acids is 1. The van der Waals surface area contributed by atoms with Crippen LogP contribution in [0, 0.1) is 5.41 Å². The lowest BCUT2D eigenvalue weighted by Crippen LogP contribution is -2.30. The predicted octanol–water partition coefficient (Wildman–Crippen LogP) is 2.52. The Bertz CT molecular complexity index is 472. The molecule has 0 spiro atoms. The van der Waals surface area contributed by atoms with Gasteiger partial charge in [-0.2, -0.15) is 0 Å². The van der Waals surface area contributed by atoms with Gasteiger partial charge in [-0.15, -0.1) is 6.58 Å². The summed E-state index contributed by atoms with van der Waals surface area (Å²) in [5, 5.41) is 2.62. The molecule has 3 heteroatoms. The van der Waals surface area contributed by atoms with E-state index < -0.39 is 5.41 Å². The van der Waals surface area contributed by atoms with Crippen LogP contribution in [0.2, 0.25) is 0 Å². The molecule has 18 heavy (non-hydrogen) atoms. The lowest BCUT2D eigenvalue weighted by Gasteiger charge is -2.27. The van der Waals surface area contributed by atoms with Crippen molar-refractivity contribution in [1.29, 1.82) is 0 Å². The van der Waals surface area contributed by atoms with Gasteiger partial charge in [-0.25, -0.2) is 0 Å². The molecule has 1 aromatic rings. The molecule has 0 heterocycles. The Morgan fingerprint density at radius 3 is 2.56 bits per heavy atom. The molecule has 0 aromatic heterocycles. The second-order valence-corrected chi connectivity index (χ2v) is 4.63. The molecule has 90 valence electrons. The fourth-order valence-corrected chi connectivity index (χ4v) is 2.71. The van der Waals surface area contributed by atoms with E-state index in [9.17, 15) is 4.79 Å². The molecule has 2 radical (unpaired) electrons. The predicted molar refractivity (Wildman–Crippen MR) is 75.4 cm³/mol. The molecule has 1 N–H and O–H groups in total. The lowest BCUT2D eigenvalue weighted by molar-refractivity contribution is 0.0869. The summed E-state index contributed by atoms with van der Waals surface area (Å²) in [6.45, 7) is 8.47. The van der Waals surface area contributed by atoms with Crippen LogP contribution in [0.25, 0.3) is 5.57 Å². The number of carbonyl (C=O) groups is 1. The van der Waals surface area contributed by atoms with Gasteiger partial charge in [0.25, 0.3) is 0 Å². The number of Topliss-reactive ketones (excluding diaryl/α,β-unsaturated/α-hetero) is 1. The number of fused-ring (bicyclic) bond motifs is 1. The van der Waals surface area contributed by atoms with Crippen LogP contribution in [0.1, 0.15) is 28.8 Å². The summed E-state index contributed by atoms with van der Waals surface area (Å²) in [6.07, 6.45) is 3.02. The van der Waals surface area contributed by atoms with Crippen LogP contribution >= 0.6 is 0 Å². The van der Waals surface area contributed by atoms with Crippen LogP contribution in [0.5, 0.6) is 0 Å². The molecule has 1 aliphatic rings. The Balaban J connectivity index is 2.47. The van der Waals surface area contributed by atoms with Gasteiger partial charge in [0, 0.05) is 5.56 Å². The summed E-state index contributed by atoms with van der Waals surface area (Å²) in [7, 11) is 5.34. The van der Waals surface area contributed by atoms with Crippen molar-refractivity contribution < 1.29 is 4.79 Å². The van der Waals surface area contributed by atoms with Crippen molar-refractivity contribution in [3.8, 4) is 0 Å². The van der Waals surface area contributed by atoms with Gasteiger partial charge in [-0.1, -0.05) is 36.9 Å². The second-order valence-electron chi connectivity index (χ2n) is 4.63. The molecule has 0 bridgehead atoms. The van der Waals surface area contributed by atoms with Crippen LogP contribution in [-0.4, -0.2) is 20.3 Å². The van der Waals surface area contributed by atoms with Gasteiger partial charge >= 0.3 is 0 Å². The second kappa shape index (κ2) is 4.95. The quantitative estimate of drug-likeness (QED) is 0.629. The van der Waals surface area contributed by atoms with Crippen molar-refractivity contribution in [3.05, 3.63) is 54.6 Å². The lowest BCUT2D eigenvalue weighted by atomic mass is 9.74. The number of benzene rings is 1. The van der Waals surface area contributed by atoms with Crippen LogP contribution < -0.4 is 5.23 Å². The van der Waals surface area contributed by atoms with Gasteiger partial charge in [-0.05, 0) is 30.5 Å². The van der Waals surface area contributed by atoms with Gasteiger partial charge in [0.15, 0.2) is 13.8 Å². The maximum atomic E-state index is 12.6. The molecule has 0 fully saturated rings. The fourth-order valence-electron chi connectivity index (χ4n) is 2.71. The van der Waals surface area contributed by atoms with Crippen molar-refractivity contribution in [1.82, 2.24) is 5.23 Å². The van der Waals surface area contributed by atoms with E-state index in [1.807, 2.05) is 24.3 Å².